The largest absolute Gasteiger partial charge is 0.417 e. The Morgan fingerprint density at radius 3 is 3.20 bits per heavy atom. The molecule has 2 aromatic rings. The van der Waals surface area contributed by atoms with E-state index < -0.39 is 5.76 Å². The summed E-state index contributed by atoms with van der Waals surface area (Å²) in [7, 11) is 0. The van der Waals surface area contributed by atoms with E-state index in [2.05, 4.69) is 10.3 Å². The van der Waals surface area contributed by atoms with Gasteiger partial charge < -0.3 is 9.73 Å². The van der Waals surface area contributed by atoms with Gasteiger partial charge in [0.25, 0.3) is 0 Å². The Kier molecular flexibility index (Phi) is 2.52. The summed E-state index contributed by atoms with van der Waals surface area (Å²) in [5.74, 6) is -0.452. The van der Waals surface area contributed by atoms with Crippen LogP contribution in [-0.4, -0.2) is 11.5 Å². The van der Waals surface area contributed by atoms with Crippen LogP contribution < -0.4 is 11.1 Å². The van der Waals surface area contributed by atoms with E-state index in [4.69, 9.17) is 9.68 Å². The molecule has 5 nitrogen and oxygen atoms in total. The molecule has 0 amide bonds. The number of aromatic amines is 1. The molecule has 0 unspecified atom stereocenters. The molecule has 0 atom stereocenters. The van der Waals surface area contributed by atoms with Crippen molar-refractivity contribution in [2.24, 2.45) is 0 Å². The average Bonchev–Trinajstić information content (AvgIpc) is 2.57. The quantitative estimate of drug-likeness (QED) is 0.569. The SMILES string of the molecule is N#CCNCc1ccc2oc(=O)[nH]c2c1. The number of fused-ring (bicyclic) bond motifs is 1. The van der Waals surface area contributed by atoms with Gasteiger partial charge in [0.05, 0.1) is 18.1 Å². The molecule has 0 bridgehead atoms. The van der Waals surface area contributed by atoms with Crippen molar-refractivity contribution in [3.63, 3.8) is 0 Å². The highest BCUT2D eigenvalue weighted by atomic mass is 16.4. The summed E-state index contributed by atoms with van der Waals surface area (Å²) < 4.78 is 4.86. The predicted molar refractivity (Wildman–Crippen MR) is 54.2 cm³/mol. The van der Waals surface area contributed by atoms with Gasteiger partial charge in [0, 0.05) is 6.54 Å². The first kappa shape index (κ1) is 9.49. The number of benzene rings is 1. The van der Waals surface area contributed by atoms with Crippen molar-refractivity contribution >= 4 is 11.1 Å². The zero-order valence-electron chi connectivity index (χ0n) is 7.91. The first-order valence-corrected chi connectivity index (χ1v) is 4.49. The molecule has 2 N–H and O–H groups in total. The second-order valence-corrected chi connectivity index (χ2v) is 3.11. The van der Waals surface area contributed by atoms with Crippen LogP contribution in [0.1, 0.15) is 5.56 Å². The predicted octanol–water partition coefficient (Wildman–Crippen LogP) is 0.734. The van der Waals surface area contributed by atoms with Gasteiger partial charge in [-0.3, -0.25) is 4.98 Å². The molecule has 0 aliphatic rings. The molecule has 0 aliphatic heterocycles. The van der Waals surface area contributed by atoms with Gasteiger partial charge in [0.2, 0.25) is 0 Å². The normalized spacial score (nSPS) is 10.3. The molecule has 0 saturated carbocycles. The van der Waals surface area contributed by atoms with Gasteiger partial charge in [0.15, 0.2) is 5.58 Å². The van der Waals surface area contributed by atoms with Gasteiger partial charge in [-0.15, -0.1) is 0 Å². The van der Waals surface area contributed by atoms with E-state index in [9.17, 15) is 4.79 Å². The number of oxazole rings is 1. The zero-order valence-corrected chi connectivity index (χ0v) is 7.91. The topological polar surface area (TPSA) is 81.8 Å². The van der Waals surface area contributed by atoms with Crippen molar-refractivity contribution in [3.05, 3.63) is 34.3 Å². The smallest absolute Gasteiger partial charge is 0.408 e. The third kappa shape index (κ3) is 2.06. The number of nitrogens with one attached hydrogen (secondary N) is 2. The number of hydrogen-bond acceptors (Lipinski definition) is 4. The van der Waals surface area contributed by atoms with Crippen LogP contribution in [0.2, 0.25) is 0 Å². The fourth-order valence-corrected chi connectivity index (χ4v) is 1.37. The second-order valence-electron chi connectivity index (χ2n) is 3.11. The summed E-state index contributed by atoms with van der Waals surface area (Å²) >= 11 is 0. The molecular weight excluding hydrogens is 194 g/mol. The highest BCUT2D eigenvalue weighted by molar-refractivity contribution is 5.72. The number of nitriles is 1. The van der Waals surface area contributed by atoms with E-state index in [1.165, 1.54) is 0 Å². The van der Waals surface area contributed by atoms with Gasteiger partial charge in [-0.05, 0) is 17.7 Å². The van der Waals surface area contributed by atoms with Gasteiger partial charge in [-0.25, -0.2) is 4.79 Å². The number of aromatic nitrogens is 1. The van der Waals surface area contributed by atoms with Crippen molar-refractivity contribution in [1.82, 2.24) is 10.3 Å². The maximum absolute atomic E-state index is 10.9. The highest BCUT2D eigenvalue weighted by Gasteiger charge is 2.01. The maximum atomic E-state index is 10.9. The van der Waals surface area contributed by atoms with Crippen LogP contribution in [0, 0.1) is 11.3 Å². The molecule has 0 radical (unpaired) electrons. The minimum absolute atomic E-state index is 0.305. The molecule has 76 valence electrons. The Morgan fingerprint density at radius 1 is 1.53 bits per heavy atom. The molecule has 0 saturated heterocycles. The maximum Gasteiger partial charge on any atom is 0.417 e. The third-order valence-electron chi connectivity index (χ3n) is 2.02. The zero-order chi connectivity index (χ0) is 10.7. The van der Waals surface area contributed by atoms with Crippen LogP contribution in [0.25, 0.3) is 11.1 Å². The van der Waals surface area contributed by atoms with Crippen molar-refractivity contribution in [3.8, 4) is 6.07 Å². The molecule has 0 fully saturated rings. The molecular formula is C10H9N3O2. The molecule has 1 aromatic carbocycles. The lowest BCUT2D eigenvalue weighted by Crippen LogP contribution is -2.12. The van der Waals surface area contributed by atoms with E-state index in [1.807, 2.05) is 18.2 Å². The van der Waals surface area contributed by atoms with E-state index in [1.54, 1.807) is 6.07 Å². The standard InChI is InChI=1S/C10H9N3O2/c11-3-4-12-6-7-1-2-9-8(5-7)13-10(14)15-9/h1-2,5,12H,4,6H2,(H,13,14). The van der Waals surface area contributed by atoms with Crippen LogP contribution in [0.4, 0.5) is 0 Å². The third-order valence-corrected chi connectivity index (χ3v) is 2.02. The number of hydrogen-bond donors (Lipinski definition) is 2. The molecule has 5 heteroatoms. The lowest BCUT2D eigenvalue weighted by Gasteiger charge is -1.99. The summed E-state index contributed by atoms with van der Waals surface area (Å²) in [6, 6.07) is 7.40. The van der Waals surface area contributed by atoms with E-state index in [0.717, 1.165) is 5.56 Å². The summed E-state index contributed by atoms with van der Waals surface area (Å²) in [6.45, 7) is 0.899. The number of H-pyrrole nitrogens is 1. The molecule has 1 aromatic heterocycles. The fraction of sp³-hybridized carbons (Fsp3) is 0.200. The van der Waals surface area contributed by atoms with Crippen molar-refractivity contribution in [2.45, 2.75) is 6.54 Å². The second kappa shape index (κ2) is 3.98. The monoisotopic (exact) mass is 203 g/mol. The van der Waals surface area contributed by atoms with Crippen molar-refractivity contribution in [2.75, 3.05) is 6.54 Å². The number of nitrogens with zero attached hydrogens (tertiary/aromatic N) is 1. The van der Waals surface area contributed by atoms with Gasteiger partial charge >= 0.3 is 5.76 Å². The first-order chi connectivity index (χ1) is 7.29. The fourth-order valence-electron chi connectivity index (χ4n) is 1.37. The first-order valence-electron chi connectivity index (χ1n) is 4.49. The van der Waals surface area contributed by atoms with Gasteiger partial charge in [0.1, 0.15) is 0 Å². The van der Waals surface area contributed by atoms with Crippen LogP contribution in [0.15, 0.2) is 27.4 Å². The average molecular weight is 203 g/mol. The van der Waals surface area contributed by atoms with E-state index >= 15 is 0 Å². The van der Waals surface area contributed by atoms with Gasteiger partial charge in [-0.1, -0.05) is 6.07 Å². The summed E-state index contributed by atoms with van der Waals surface area (Å²) in [6.07, 6.45) is 0. The summed E-state index contributed by atoms with van der Waals surface area (Å²) in [5.41, 5.74) is 2.22. The highest BCUT2D eigenvalue weighted by Crippen LogP contribution is 2.11. The van der Waals surface area contributed by atoms with Crippen molar-refractivity contribution in [1.29, 1.82) is 5.26 Å². The lowest BCUT2D eigenvalue weighted by molar-refractivity contribution is 0.555. The van der Waals surface area contributed by atoms with Crippen LogP contribution in [0.5, 0.6) is 0 Å². The van der Waals surface area contributed by atoms with Gasteiger partial charge in [-0.2, -0.15) is 5.26 Å². The molecule has 0 spiro atoms. The van der Waals surface area contributed by atoms with Crippen LogP contribution in [-0.2, 0) is 6.54 Å². The van der Waals surface area contributed by atoms with E-state index in [-0.39, 0.29) is 0 Å². The Hall–Kier alpha value is -2.06. The Bertz CT molecular complexity index is 562. The number of rotatable bonds is 3. The molecule has 1 heterocycles. The van der Waals surface area contributed by atoms with Crippen molar-refractivity contribution < 1.29 is 4.42 Å². The molecule has 15 heavy (non-hydrogen) atoms. The lowest BCUT2D eigenvalue weighted by atomic mass is 10.2. The molecule has 0 aliphatic carbocycles. The Labute approximate surface area is 85.3 Å². The van der Waals surface area contributed by atoms with E-state index in [0.29, 0.717) is 24.2 Å². The Balaban J connectivity index is 2.23. The minimum Gasteiger partial charge on any atom is -0.408 e. The minimum atomic E-state index is -0.452. The molecule has 2 rings (SSSR count). The van der Waals surface area contributed by atoms with Crippen LogP contribution >= 0.6 is 0 Å². The Morgan fingerprint density at radius 2 is 2.40 bits per heavy atom. The van der Waals surface area contributed by atoms with Crippen LogP contribution in [0.3, 0.4) is 0 Å². The summed E-state index contributed by atoms with van der Waals surface area (Å²) in [4.78, 5) is 13.5. The summed E-state index contributed by atoms with van der Waals surface area (Å²) in [5, 5.41) is 11.3.